The summed E-state index contributed by atoms with van der Waals surface area (Å²) in [6, 6.07) is 11.3. The number of hydrogen-bond donors (Lipinski definition) is 0. The molecule has 1 aromatic heterocycles. The molecule has 0 unspecified atom stereocenters. The number of benzene rings is 1. The van der Waals surface area contributed by atoms with Crippen LogP contribution in [0.15, 0.2) is 40.6 Å². The van der Waals surface area contributed by atoms with Crippen molar-refractivity contribution < 1.29 is 13.2 Å². The molecular formula is C17H21ClN2O3S2. The molecule has 1 fully saturated rings. The number of nitrogens with zero attached hydrogens (tertiary/aromatic N) is 2. The van der Waals surface area contributed by atoms with E-state index >= 15 is 0 Å². The number of piperazine rings is 1. The lowest BCUT2D eigenvalue weighted by Crippen LogP contribution is -2.48. The van der Waals surface area contributed by atoms with Crippen LogP contribution in [0.1, 0.15) is 5.56 Å². The predicted octanol–water partition coefficient (Wildman–Crippen LogP) is 2.96. The molecule has 0 amide bonds. The summed E-state index contributed by atoms with van der Waals surface area (Å²) in [5.74, 6) is 0.858. The minimum Gasteiger partial charge on any atom is -0.497 e. The molecule has 1 aromatic carbocycles. The van der Waals surface area contributed by atoms with Crippen LogP contribution in [-0.2, 0) is 16.4 Å². The van der Waals surface area contributed by atoms with E-state index in [1.54, 1.807) is 23.5 Å². The van der Waals surface area contributed by atoms with Gasteiger partial charge in [-0.05, 0) is 36.2 Å². The van der Waals surface area contributed by atoms with Crippen LogP contribution in [0, 0.1) is 0 Å². The zero-order valence-electron chi connectivity index (χ0n) is 14.0. The molecule has 0 radical (unpaired) electrons. The summed E-state index contributed by atoms with van der Waals surface area (Å²) in [5, 5.41) is 0. The summed E-state index contributed by atoms with van der Waals surface area (Å²) >= 11 is 6.98. The van der Waals surface area contributed by atoms with Crippen molar-refractivity contribution >= 4 is 33.0 Å². The lowest BCUT2D eigenvalue weighted by Gasteiger charge is -2.33. The van der Waals surface area contributed by atoms with Crippen LogP contribution < -0.4 is 4.74 Å². The highest BCUT2D eigenvalue weighted by Gasteiger charge is 2.29. The third-order valence-corrected chi connectivity index (χ3v) is 7.95. The van der Waals surface area contributed by atoms with Crippen molar-refractivity contribution in [1.82, 2.24) is 9.21 Å². The van der Waals surface area contributed by atoms with Gasteiger partial charge in [0.2, 0.25) is 0 Å². The van der Waals surface area contributed by atoms with Crippen LogP contribution in [0.4, 0.5) is 0 Å². The molecule has 2 heterocycles. The van der Waals surface area contributed by atoms with Crippen molar-refractivity contribution in [3.63, 3.8) is 0 Å². The molecule has 3 rings (SSSR count). The summed E-state index contributed by atoms with van der Waals surface area (Å²) < 4.78 is 32.7. The summed E-state index contributed by atoms with van der Waals surface area (Å²) in [6.07, 6.45) is 0.942. The van der Waals surface area contributed by atoms with Crippen LogP contribution in [-0.4, -0.2) is 57.5 Å². The van der Waals surface area contributed by atoms with Gasteiger partial charge in [0.15, 0.2) is 0 Å². The van der Waals surface area contributed by atoms with Gasteiger partial charge in [-0.3, -0.25) is 0 Å². The maximum atomic E-state index is 12.6. The van der Waals surface area contributed by atoms with Crippen LogP contribution >= 0.6 is 22.9 Å². The second-order valence-electron chi connectivity index (χ2n) is 5.90. The van der Waals surface area contributed by atoms with Crippen molar-refractivity contribution in [2.24, 2.45) is 0 Å². The fourth-order valence-corrected chi connectivity index (χ4v) is 5.90. The van der Waals surface area contributed by atoms with Crippen molar-refractivity contribution in [2.75, 3.05) is 39.8 Å². The van der Waals surface area contributed by atoms with Gasteiger partial charge in [0, 0.05) is 32.7 Å². The molecule has 0 aliphatic carbocycles. The highest BCUT2D eigenvalue weighted by atomic mass is 35.5. The lowest BCUT2D eigenvalue weighted by molar-refractivity contribution is 0.190. The first-order valence-corrected chi connectivity index (χ1v) is 10.7. The van der Waals surface area contributed by atoms with Crippen LogP contribution in [0.25, 0.3) is 0 Å². The van der Waals surface area contributed by atoms with E-state index in [9.17, 15) is 8.42 Å². The van der Waals surface area contributed by atoms with Crippen molar-refractivity contribution in [1.29, 1.82) is 0 Å². The molecule has 0 atom stereocenters. The van der Waals surface area contributed by atoms with Crippen LogP contribution in [0.3, 0.4) is 0 Å². The van der Waals surface area contributed by atoms with E-state index in [2.05, 4.69) is 17.0 Å². The Kier molecular flexibility index (Phi) is 6.01. The van der Waals surface area contributed by atoms with Crippen molar-refractivity contribution in [3.8, 4) is 5.75 Å². The maximum Gasteiger partial charge on any atom is 0.252 e. The van der Waals surface area contributed by atoms with Gasteiger partial charge in [-0.25, -0.2) is 8.42 Å². The molecule has 1 saturated heterocycles. The number of hydrogen-bond acceptors (Lipinski definition) is 5. The Hall–Kier alpha value is -1.12. The number of methoxy groups -OCH3 is 1. The van der Waals surface area contributed by atoms with E-state index in [0.29, 0.717) is 21.6 Å². The number of ether oxygens (including phenoxy) is 1. The minimum absolute atomic E-state index is 0.323. The molecule has 1 aliphatic heterocycles. The quantitative estimate of drug-likeness (QED) is 0.748. The monoisotopic (exact) mass is 400 g/mol. The minimum atomic E-state index is -3.41. The molecule has 5 nitrogen and oxygen atoms in total. The second-order valence-corrected chi connectivity index (χ2v) is 9.78. The van der Waals surface area contributed by atoms with Gasteiger partial charge in [-0.15, -0.1) is 11.3 Å². The van der Waals surface area contributed by atoms with Gasteiger partial charge >= 0.3 is 0 Å². The SMILES string of the molecule is COc1ccc(CCN2CCN(S(=O)(=O)c3ccc(Cl)s3)CC2)cc1. The number of sulfonamides is 1. The summed E-state index contributed by atoms with van der Waals surface area (Å²) in [7, 11) is -1.75. The summed E-state index contributed by atoms with van der Waals surface area (Å²) in [6.45, 7) is 3.44. The Bertz CT molecular complexity index is 798. The Labute approximate surface area is 157 Å². The zero-order valence-corrected chi connectivity index (χ0v) is 16.4. The largest absolute Gasteiger partial charge is 0.497 e. The smallest absolute Gasteiger partial charge is 0.252 e. The Balaban J connectivity index is 1.51. The molecule has 0 saturated carbocycles. The molecular weight excluding hydrogens is 380 g/mol. The molecule has 8 heteroatoms. The number of rotatable bonds is 6. The molecule has 0 N–H and O–H groups in total. The van der Waals surface area contributed by atoms with E-state index in [1.165, 1.54) is 5.56 Å². The molecule has 25 heavy (non-hydrogen) atoms. The van der Waals surface area contributed by atoms with Gasteiger partial charge in [0.05, 0.1) is 11.4 Å². The number of halogens is 1. The Morgan fingerprint density at radius 3 is 2.32 bits per heavy atom. The maximum absolute atomic E-state index is 12.6. The highest BCUT2D eigenvalue weighted by molar-refractivity contribution is 7.91. The van der Waals surface area contributed by atoms with Gasteiger partial charge in [-0.1, -0.05) is 23.7 Å². The van der Waals surface area contributed by atoms with Gasteiger partial charge in [0.25, 0.3) is 10.0 Å². The Morgan fingerprint density at radius 2 is 1.76 bits per heavy atom. The highest BCUT2D eigenvalue weighted by Crippen LogP contribution is 2.28. The summed E-state index contributed by atoms with van der Waals surface area (Å²) in [4.78, 5) is 2.30. The lowest BCUT2D eigenvalue weighted by atomic mass is 10.1. The van der Waals surface area contributed by atoms with Crippen molar-refractivity contribution in [2.45, 2.75) is 10.6 Å². The molecule has 0 spiro atoms. The van der Waals surface area contributed by atoms with Gasteiger partial charge in [-0.2, -0.15) is 4.31 Å². The van der Waals surface area contributed by atoms with E-state index in [-0.39, 0.29) is 0 Å². The average molecular weight is 401 g/mol. The van der Waals surface area contributed by atoms with E-state index in [0.717, 1.165) is 43.1 Å². The topological polar surface area (TPSA) is 49.9 Å². The Morgan fingerprint density at radius 1 is 1.08 bits per heavy atom. The van der Waals surface area contributed by atoms with E-state index in [4.69, 9.17) is 16.3 Å². The molecule has 136 valence electrons. The number of thiophene rings is 1. The first kappa shape index (κ1) is 18.7. The van der Waals surface area contributed by atoms with Crippen molar-refractivity contribution in [3.05, 3.63) is 46.3 Å². The second kappa shape index (κ2) is 8.05. The zero-order chi connectivity index (χ0) is 17.9. The predicted molar refractivity (Wildman–Crippen MR) is 101 cm³/mol. The molecule has 0 bridgehead atoms. The average Bonchev–Trinajstić information content (AvgIpc) is 3.08. The van der Waals surface area contributed by atoms with Crippen LogP contribution in [0.5, 0.6) is 5.75 Å². The first-order chi connectivity index (χ1) is 12.0. The summed E-state index contributed by atoms with van der Waals surface area (Å²) in [5.41, 5.74) is 1.25. The third kappa shape index (κ3) is 4.54. The van der Waals surface area contributed by atoms with Crippen LogP contribution in [0.2, 0.25) is 4.34 Å². The first-order valence-electron chi connectivity index (χ1n) is 8.10. The van der Waals surface area contributed by atoms with E-state index in [1.807, 2.05) is 12.1 Å². The normalized spacial score (nSPS) is 16.9. The molecule has 1 aliphatic rings. The third-order valence-electron chi connectivity index (χ3n) is 4.35. The standard InChI is InChI=1S/C17H21ClN2O3S2/c1-23-15-4-2-14(3-5-15)8-9-19-10-12-20(13-11-19)25(21,22)17-7-6-16(18)24-17/h2-7H,8-13H2,1H3. The van der Waals surface area contributed by atoms with Gasteiger partial charge < -0.3 is 9.64 Å². The molecule has 2 aromatic rings. The fraction of sp³-hybridized carbons (Fsp3) is 0.412. The van der Waals surface area contributed by atoms with E-state index < -0.39 is 10.0 Å². The fourth-order valence-electron chi connectivity index (χ4n) is 2.84. The van der Waals surface area contributed by atoms with Gasteiger partial charge in [0.1, 0.15) is 9.96 Å².